The van der Waals surface area contributed by atoms with E-state index in [0.29, 0.717) is 29.3 Å². The van der Waals surface area contributed by atoms with E-state index in [1.54, 1.807) is 35.2 Å². The van der Waals surface area contributed by atoms with Crippen LogP contribution in [0, 0.1) is 0 Å². The van der Waals surface area contributed by atoms with E-state index in [1.807, 2.05) is 49.4 Å². The van der Waals surface area contributed by atoms with Crippen LogP contribution in [0.5, 0.6) is 11.5 Å². The highest BCUT2D eigenvalue weighted by Crippen LogP contribution is 2.31. The number of methoxy groups -OCH3 is 1. The Bertz CT molecular complexity index is 1100. The quantitative estimate of drug-likeness (QED) is 0.668. The predicted molar refractivity (Wildman–Crippen MR) is 118 cm³/mol. The van der Waals surface area contributed by atoms with Crippen molar-refractivity contribution in [2.75, 3.05) is 19.0 Å². The van der Waals surface area contributed by atoms with Crippen molar-refractivity contribution in [2.45, 2.75) is 19.5 Å². The molecular formula is C25H24N2O4. The highest BCUT2D eigenvalue weighted by atomic mass is 16.5. The number of benzene rings is 3. The average Bonchev–Trinajstić information content (AvgIpc) is 2.97. The van der Waals surface area contributed by atoms with E-state index in [1.165, 1.54) is 7.11 Å². The van der Waals surface area contributed by atoms with E-state index in [9.17, 15) is 9.59 Å². The first-order valence-corrected chi connectivity index (χ1v) is 10.1. The van der Waals surface area contributed by atoms with Gasteiger partial charge in [-0.2, -0.15) is 0 Å². The van der Waals surface area contributed by atoms with Crippen LogP contribution in [-0.2, 0) is 11.3 Å². The number of anilines is 1. The molecule has 1 heterocycles. The first-order chi connectivity index (χ1) is 15.1. The van der Waals surface area contributed by atoms with Gasteiger partial charge in [-0.1, -0.05) is 42.5 Å². The van der Waals surface area contributed by atoms with Crippen molar-refractivity contribution in [3.63, 3.8) is 0 Å². The number of hydrogen-bond acceptors (Lipinski definition) is 4. The number of hydrogen-bond donors (Lipinski definition) is 1. The normalized spacial score (nSPS) is 14.1. The first kappa shape index (κ1) is 20.5. The van der Waals surface area contributed by atoms with Crippen LogP contribution >= 0.6 is 0 Å². The van der Waals surface area contributed by atoms with Gasteiger partial charge in [0, 0.05) is 11.3 Å². The van der Waals surface area contributed by atoms with Crippen molar-refractivity contribution in [3.8, 4) is 11.5 Å². The van der Waals surface area contributed by atoms with Gasteiger partial charge in [0.1, 0.15) is 11.5 Å². The molecule has 0 spiro atoms. The number of para-hydroxylation sites is 1. The molecule has 0 fully saturated rings. The smallest absolute Gasteiger partial charge is 0.261 e. The molecule has 1 N–H and O–H groups in total. The SMILES string of the molecule is COc1ccccc1C(=O)Nc1ccc2c(c1)CN(C(C)c1ccccc1)C(=O)CO2. The number of nitrogens with one attached hydrogen (secondary N) is 1. The highest BCUT2D eigenvalue weighted by molar-refractivity contribution is 6.06. The van der Waals surface area contributed by atoms with Crippen LogP contribution in [0.15, 0.2) is 72.8 Å². The summed E-state index contributed by atoms with van der Waals surface area (Å²) in [7, 11) is 1.53. The summed E-state index contributed by atoms with van der Waals surface area (Å²) in [6.07, 6.45) is 0. The summed E-state index contributed by atoms with van der Waals surface area (Å²) < 4.78 is 11.0. The molecule has 3 aromatic carbocycles. The minimum atomic E-state index is -0.266. The van der Waals surface area contributed by atoms with Crippen molar-refractivity contribution in [2.24, 2.45) is 0 Å². The molecule has 0 aliphatic carbocycles. The van der Waals surface area contributed by atoms with E-state index < -0.39 is 0 Å². The molecule has 31 heavy (non-hydrogen) atoms. The third kappa shape index (κ3) is 4.38. The van der Waals surface area contributed by atoms with E-state index in [-0.39, 0.29) is 24.5 Å². The summed E-state index contributed by atoms with van der Waals surface area (Å²) in [6.45, 7) is 2.38. The summed E-state index contributed by atoms with van der Waals surface area (Å²) >= 11 is 0. The van der Waals surface area contributed by atoms with Crippen molar-refractivity contribution >= 4 is 17.5 Å². The zero-order valence-electron chi connectivity index (χ0n) is 17.5. The van der Waals surface area contributed by atoms with E-state index in [2.05, 4.69) is 5.32 Å². The maximum Gasteiger partial charge on any atom is 0.261 e. The standard InChI is InChI=1S/C25H24N2O4/c1-17(18-8-4-3-5-9-18)27-15-19-14-20(12-13-22(19)31-16-24(27)28)26-25(29)21-10-6-7-11-23(21)30-2/h3-14,17H,15-16H2,1-2H3,(H,26,29). The molecular weight excluding hydrogens is 392 g/mol. The molecule has 0 aromatic heterocycles. The number of nitrogens with zero attached hydrogens (tertiary/aromatic N) is 1. The van der Waals surface area contributed by atoms with Crippen molar-refractivity contribution in [1.82, 2.24) is 4.90 Å². The minimum absolute atomic E-state index is 0.0168. The fourth-order valence-corrected chi connectivity index (χ4v) is 3.71. The minimum Gasteiger partial charge on any atom is -0.496 e. The van der Waals surface area contributed by atoms with Gasteiger partial charge in [0.05, 0.1) is 25.3 Å². The van der Waals surface area contributed by atoms with Gasteiger partial charge in [-0.3, -0.25) is 9.59 Å². The van der Waals surface area contributed by atoms with Gasteiger partial charge in [0.25, 0.3) is 11.8 Å². The monoisotopic (exact) mass is 416 g/mol. The molecule has 0 bridgehead atoms. The average molecular weight is 416 g/mol. The third-order valence-electron chi connectivity index (χ3n) is 5.43. The lowest BCUT2D eigenvalue weighted by Crippen LogP contribution is -2.34. The molecule has 1 aliphatic heterocycles. The van der Waals surface area contributed by atoms with Crippen LogP contribution in [0.25, 0.3) is 0 Å². The Kier molecular flexibility index (Phi) is 5.89. The molecule has 1 atom stereocenters. The van der Waals surface area contributed by atoms with Crippen LogP contribution in [0.2, 0.25) is 0 Å². The Morgan fingerprint density at radius 3 is 2.58 bits per heavy atom. The molecule has 6 heteroatoms. The fourth-order valence-electron chi connectivity index (χ4n) is 3.71. The Hall–Kier alpha value is -3.80. The topological polar surface area (TPSA) is 67.9 Å². The second kappa shape index (κ2) is 8.92. The Balaban J connectivity index is 1.58. The maximum absolute atomic E-state index is 12.8. The number of rotatable bonds is 5. The summed E-state index contributed by atoms with van der Waals surface area (Å²) in [6, 6.07) is 22.3. The summed E-state index contributed by atoms with van der Waals surface area (Å²) in [5.41, 5.74) is 2.97. The summed E-state index contributed by atoms with van der Waals surface area (Å²) in [5.74, 6) is 0.808. The van der Waals surface area contributed by atoms with Crippen LogP contribution in [0.1, 0.15) is 34.5 Å². The molecule has 0 saturated heterocycles. The number of carbonyl (C=O) groups excluding carboxylic acids is 2. The number of fused-ring (bicyclic) bond motifs is 1. The molecule has 1 aliphatic rings. The molecule has 4 rings (SSSR count). The van der Waals surface area contributed by atoms with Gasteiger partial charge in [-0.05, 0) is 42.8 Å². The molecule has 158 valence electrons. The summed E-state index contributed by atoms with van der Waals surface area (Å²) in [4.78, 5) is 27.3. The molecule has 0 radical (unpaired) electrons. The Labute approximate surface area is 181 Å². The second-order valence-corrected chi connectivity index (χ2v) is 7.37. The fraction of sp³-hybridized carbons (Fsp3) is 0.200. The second-order valence-electron chi connectivity index (χ2n) is 7.37. The molecule has 6 nitrogen and oxygen atoms in total. The van der Waals surface area contributed by atoms with Crippen molar-refractivity contribution < 1.29 is 19.1 Å². The molecule has 3 aromatic rings. The molecule has 2 amide bonds. The van der Waals surface area contributed by atoms with Crippen LogP contribution in [-0.4, -0.2) is 30.4 Å². The van der Waals surface area contributed by atoms with E-state index >= 15 is 0 Å². The Morgan fingerprint density at radius 2 is 1.81 bits per heavy atom. The largest absolute Gasteiger partial charge is 0.496 e. The van der Waals surface area contributed by atoms with E-state index in [0.717, 1.165) is 11.1 Å². The van der Waals surface area contributed by atoms with Crippen molar-refractivity contribution in [1.29, 1.82) is 0 Å². The molecule has 1 unspecified atom stereocenters. The van der Waals surface area contributed by atoms with Crippen LogP contribution in [0.3, 0.4) is 0 Å². The van der Waals surface area contributed by atoms with Crippen molar-refractivity contribution in [3.05, 3.63) is 89.5 Å². The van der Waals surface area contributed by atoms with Gasteiger partial charge in [-0.15, -0.1) is 0 Å². The zero-order valence-corrected chi connectivity index (χ0v) is 17.5. The van der Waals surface area contributed by atoms with Gasteiger partial charge in [0.15, 0.2) is 6.61 Å². The van der Waals surface area contributed by atoms with Crippen LogP contribution in [0.4, 0.5) is 5.69 Å². The predicted octanol–water partition coefficient (Wildman–Crippen LogP) is 4.43. The zero-order chi connectivity index (χ0) is 21.8. The highest BCUT2D eigenvalue weighted by Gasteiger charge is 2.27. The Morgan fingerprint density at radius 1 is 1.06 bits per heavy atom. The summed E-state index contributed by atoms with van der Waals surface area (Å²) in [5, 5.41) is 2.91. The number of amides is 2. The third-order valence-corrected chi connectivity index (χ3v) is 5.43. The maximum atomic E-state index is 12.8. The lowest BCUT2D eigenvalue weighted by molar-refractivity contribution is -0.135. The van der Waals surface area contributed by atoms with Gasteiger partial charge < -0.3 is 19.7 Å². The van der Waals surface area contributed by atoms with Gasteiger partial charge >= 0.3 is 0 Å². The van der Waals surface area contributed by atoms with E-state index in [4.69, 9.17) is 9.47 Å². The van der Waals surface area contributed by atoms with Gasteiger partial charge in [-0.25, -0.2) is 0 Å². The number of ether oxygens (including phenoxy) is 2. The van der Waals surface area contributed by atoms with Crippen LogP contribution < -0.4 is 14.8 Å². The lowest BCUT2D eigenvalue weighted by atomic mass is 10.1. The molecule has 0 saturated carbocycles. The first-order valence-electron chi connectivity index (χ1n) is 10.1. The van der Waals surface area contributed by atoms with Gasteiger partial charge in [0.2, 0.25) is 0 Å². The lowest BCUT2D eigenvalue weighted by Gasteiger charge is -2.28. The number of carbonyl (C=O) groups is 2.